The Morgan fingerprint density at radius 3 is 1.19 bits per heavy atom. The summed E-state index contributed by atoms with van der Waals surface area (Å²) < 4.78 is 68.9. The second-order valence-corrected chi connectivity index (χ2v) is 32.9. The van der Waals surface area contributed by atoms with E-state index in [-0.39, 0.29) is 22.8 Å². The molecule has 0 radical (unpaired) electrons. The number of hydrogen-bond donors (Lipinski definition) is 0. The van der Waals surface area contributed by atoms with Gasteiger partial charge in [-0.2, -0.15) is 30.0 Å². The van der Waals surface area contributed by atoms with Crippen LogP contribution >= 0.6 is 68.0 Å². The summed E-state index contributed by atoms with van der Waals surface area (Å²) >= 11 is 9.44. The zero-order valence-corrected chi connectivity index (χ0v) is 61.1. The smallest absolute Gasteiger partial charge is 0.137 e. The molecule has 8 aromatic heterocycles. The molecule has 0 aliphatic heterocycles. The summed E-state index contributed by atoms with van der Waals surface area (Å²) in [5.74, 6) is 0.393. The Hall–Kier alpha value is -5.88. The van der Waals surface area contributed by atoms with Crippen molar-refractivity contribution in [3.05, 3.63) is 128 Å². The topological polar surface area (TPSA) is 61.4 Å². The summed E-state index contributed by atoms with van der Waals surface area (Å²) in [4.78, 5) is 12.3. The Labute approximate surface area is 576 Å². The predicted molar refractivity (Wildman–Crippen MR) is 399 cm³/mol. The highest BCUT2D eigenvalue weighted by Gasteiger charge is 2.29. The third-order valence-electron chi connectivity index (χ3n) is 19.5. The highest BCUT2D eigenvalue weighted by atomic mass is 32.1. The molecule has 12 rings (SSSR count). The lowest BCUT2D eigenvalue weighted by molar-refractivity contribution is 0.351. The van der Waals surface area contributed by atoms with Crippen LogP contribution in [-0.4, -0.2) is 30.0 Å². The van der Waals surface area contributed by atoms with Gasteiger partial charge in [-0.15, -0.1) is 68.0 Å². The molecule has 6 nitrogen and oxygen atoms in total. The Balaban J connectivity index is 0.942. The molecule has 0 fully saturated rings. The van der Waals surface area contributed by atoms with Crippen LogP contribution in [0, 0.1) is 60.8 Å². The van der Waals surface area contributed by atoms with Crippen molar-refractivity contribution in [3.8, 4) is 73.1 Å². The summed E-state index contributed by atoms with van der Waals surface area (Å²) in [6, 6.07) is 26.8. The number of aryl methyl sites for hydroxylation is 2. The third-order valence-corrected chi connectivity index (χ3v) is 26.4. The molecule has 4 aromatic carbocycles. The molecule has 0 amide bonds. The quantitative estimate of drug-likeness (QED) is 0.0406. The molecule has 0 aliphatic carbocycles. The molecule has 0 N–H and O–H groups in total. The van der Waals surface area contributed by atoms with E-state index in [0.717, 1.165) is 217 Å². The molecule has 12 aromatic rings. The minimum atomic E-state index is -0.506. The van der Waals surface area contributed by atoms with E-state index < -0.39 is 11.6 Å². The van der Waals surface area contributed by atoms with Crippen LogP contribution in [0.3, 0.4) is 0 Å². The number of nitrogens with zero attached hydrogens (tertiary/aromatic N) is 6. The molecule has 94 heavy (non-hydrogen) atoms. The Kier molecular flexibility index (Phi) is 21.9. The second-order valence-electron chi connectivity index (χ2n) is 26.2. The van der Waals surface area contributed by atoms with Gasteiger partial charge in [-0.1, -0.05) is 170 Å². The standard InChI is InChI=1S/C78H88F4N6S6/c1-11-19-23-47(15-5)36-67-60(81)41-69(92-67)71-56-35-46(10)89-77(56)72(70-42-61(82)68(93-70)37-48(16-6)24-20-12-2)57-40-66(94-78(57)71)53-30-29-52(75-76(53)86-88(85-75)44-50(18-8)26-22-14-4)63-32-34-65(91-63)55-39-58(79)54(38-59(55)80)64-33-31-62(90-64)51-28-27-45(9)73-74(51)84-87(83-73)43-49(17-7)25-21-13-3/h27-35,38-42,47-50H,11-26,36-37,43-44H2,1-10H3. The first-order valence-electron chi connectivity index (χ1n) is 34.7. The van der Waals surface area contributed by atoms with Crippen LogP contribution in [-0.2, 0) is 25.9 Å². The van der Waals surface area contributed by atoms with Crippen LogP contribution in [0.5, 0.6) is 0 Å². The maximum atomic E-state index is 16.8. The fourth-order valence-electron chi connectivity index (χ4n) is 13.7. The fourth-order valence-corrected chi connectivity index (χ4v) is 20.7. The predicted octanol–water partition coefficient (Wildman–Crippen LogP) is 26.6. The zero-order valence-electron chi connectivity index (χ0n) is 56.2. The molecule has 0 saturated heterocycles. The Morgan fingerprint density at radius 2 is 0.745 bits per heavy atom. The average molecular weight is 1380 g/mol. The first-order chi connectivity index (χ1) is 45.6. The van der Waals surface area contributed by atoms with Gasteiger partial charge in [0.05, 0.1) is 13.1 Å². The van der Waals surface area contributed by atoms with Crippen LogP contribution in [0.25, 0.3) is 115 Å². The summed E-state index contributed by atoms with van der Waals surface area (Å²) in [5.41, 5.74) is 9.36. The first-order valence-corrected chi connectivity index (χ1v) is 39.6. The number of rotatable bonds is 31. The van der Waals surface area contributed by atoms with Gasteiger partial charge in [-0.05, 0) is 129 Å². The maximum absolute atomic E-state index is 16.8. The minimum absolute atomic E-state index is 0.143. The monoisotopic (exact) mass is 1380 g/mol. The zero-order chi connectivity index (χ0) is 65.9. The van der Waals surface area contributed by atoms with Crippen molar-refractivity contribution in [2.75, 3.05) is 0 Å². The van der Waals surface area contributed by atoms with Crippen molar-refractivity contribution in [1.82, 2.24) is 30.0 Å². The van der Waals surface area contributed by atoms with E-state index in [4.69, 9.17) is 20.4 Å². The second kappa shape index (κ2) is 30.3. The van der Waals surface area contributed by atoms with Gasteiger partial charge >= 0.3 is 0 Å². The molecule has 8 heterocycles. The number of hydrogen-bond acceptors (Lipinski definition) is 10. The van der Waals surface area contributed by atoms with Gasteiger partial charge in [-0.3, -0.25) is 0 Å². The SMILES string of the molecule is CCCCC(CC)Cc1sc(-c2c3cc(-c4ccc(-c5ccc(-c6cc(F)c(-c7ccc(-c8ccc(C)c9nn(CC(CC)CCCC)nc89)s7)cc6F)s5)c5nn(CC(CC)CCCC)nc45)sc3c(-c3cc(F)c(CC(CC)CCCC)s3)c3cc(C)sc23)cc1F. The first kappa shape index (κ1) is 68.1. The summed E-state index contributed by atoms with van der Waals surface area (Å²) in [7, 11) is 0. The van der Waals surface area contributed by atoms with Crippen molar-refractivity contribution in [2.24, 2.45) is 23.7 Å². The Bertz CT molecular complexity index is 4490. The normalized spacial score (nSPS) is 13.5. The highest BCUT2D eigenvalue weighted by Crippen LogP contribution is 2.55. The summed E-state index contributed by atoms with van der Waals surface area (Å²) in [5, 5.41) is 22.8. The molecule has 0 aliphatic rings. The summed E-state index contributed by atoms with van der Waals surface area (Å²) in [6.07, 6.45) is 18.9. The van der Waals surface area contributed by atoms with Crippen LogP contribution in [0.4, 0.5) is 17.6 Å². The van der Waals surface area contributed by atoms with Gasteiger partial charge in [0.15, 0.2) is 0 Å². The number of thiophene rings is 6. The van der Waals surface area contributed by atoms with Crippen molar-refractivity contribution in [1.29, 1.82) is 0 Å². The van der Waals surface area contributed by atoms with E-state index in [1.807, 2.05) is 33.9 Å². The van der Waals surface area contributed by atoms with E-state index in [9.17, 15) is 0 Å². The van der Waals surface area contributed by atoms with Gasteiger partial charge < -0.3 is 0 Å². The van der Waals surface area contributed by atoms with Crippen LogP contribution < -0.4 is 0 Å². The van der Waals surface area contributed by atoms with E-state index in [0.29, 0.717) is 52.8 Å². The summed E-state index contributed by atoms with van der Waals surface area (Å²) in [6.45, 7) is 23.4. The molecule has 0 spiro atoms. The molecule has 4 atom stereocenters. The molecule has 0 saturated carbocycles. The third kappa shape index (κ3) is 14.1. The van der Waals surface area contributed by atoms with Crippen molar-refractivity contribution in [3.63, 3.8) is 0 Å². The maximum Gasteiger partial charge on any atom is 0.137 e. The lowest BCUT2D eigenvalue weighted by Gasteiger charge is -2.13. The number of unbranched alkanes of at least 4 members (excludes halogenated alkanes) is 4. The van der Waals surface area contributed by atoms with Gasteiger partial charge in [0.1, 0.15) is 45.3 Å². The van der Waals surface area contributed by atoms with Gasteiger partial charge in [0, 0.05) is 108 Å². The molecule has 16 heteroatoms. The van der Waals surface area contributed by atoms with Crippen molar-refractivity contribution < 1.29 is 17.6 Å². The molecule has 0 bridgehead atoms. The van der Waals surface area contributed by atoms with Gasteiger partial charge in [0.2, 0.25) is 0 Å². The molecular formula is C78H88F4N6S6. The highest BCUT2D eigenvalue weighted by molar-refractivity contribution is 7.25. The average Bonchev–Trinajstić information content (AvgIpc) is 1.55. The molecule has 4 unspecified atom stereocenters. The van der Waals surface area contributed by atoms with Crippen molar-refractivity contribution in [2.45, 2.75) is 198 Å². The van der Waals surface area contributed by atoms with Gasteiger partial charge in [-0.25, -0.2) is 17.6 Å². The van der Waals surface area contributed by atoms with Crippen LogP contribution in [0.1, 0.15) is 178 Å². The largest absolute Gasteiger partial charge is 0.206 e. The van der Waals surface area contributed by atoms with E-state index >= 15 is 17.6 Å². The molecule has 494 valence electrons. The molecular weight excluding hydrogens is 1290 g/mol. The lowest BCUT2D eigenvalue weighted by Crippen LogP contribution is -2.12. The number of halogens is 4. The Morgan fingerprint density at radius 1 is 0.362 bits per heavy atom. The van der Waals surface area contributed by atoms with Crippen LogP contribution in [0.15, 0.2) is 84.9 Å². The van der Waals surface area contributed by atoms with E-state index in [1.54, 1.807) is 57.5 Å². The number of fused-ring (bicyclic) bond motifs is 4. The number of aromatic nitrogens is 6. The minimum Gasteiger partial charge on any atom is -0.206 e. The van der Waals surface area contributed by atoms with E-state index in [1.165, 1.54) is 41.2 Å². The van der Waals surface area contributed by atoms with Crippen LogP contribution in [0.2, 0.25) is 0 Å². The van der Waals surface area contributed by atoms with Crippen molar-refractivity contribution >= 4 is 110 Å². The van der Waals surface area contributed by atoms with E-state index in [2.05, 4.69) is 106 Å². The lowest BCUT2D eigenvalue weighted by atomic mass is 9.95. The fraction of sp³-hybridized carbons (Fsp3) is 0.436. The van der Waals surface area contributed by atoms with Gasteiger partial charge in [0.25, 0.3) is 0 Å². The number of benzene rings is 4.